The van der Waals surface area contributed by atoms with Crippen LogP contribution in [0.4, 0.5) is 0 Å². The molecular formula is C8H20N2Na2O4S. The molecule has 94 valence electrons. The number of aliphatic hydroxyl groups is 1. The van der Waals surface area contributed by atoms with Crippen molar-refractivity contribution >= 4 is 69.2 Å². The fraction of sp³-hybridized carbons (Fsp3) is 1.00. The zero-order valence-corrected chi connectivity index (χ0v) is 9.49. The first-order valence-corrected chi connectivity index (χ1v) is 6.63. The van der Waals surface area contributed by atoms with Gasteiger partial charge in [0.2, 0.25) is 0 Å². The molecule has 0 radical (unpaired) electrons. The molecule has 1 saturated heterocycles. The first-order valence-electron chi connectivity index (χ1n) is 5.02. The van der Waals surface area contributed by atoms with Gasteiger partial charge in [-0.2, -0.15) is 8.42 Å². The van der Waals surface area contributed by atoms with Crippen LogP contribution in [-0.2, 0) is 10.1 Å². The van der Waals surface area contributed by atoms with E-state index in [9.17, 15) is 8.42 Å². The first-order chi connectivity index (χ1) is 7.01. The van der Waals surface area contributed by atoms with Gasteiger partial charge in [0.05, 0.1) is 12.4 Å². The van der Waals surface area contributed by atoms with Crippen molar-refractivity contribution < 1.29 is 18.1 Å². The van der Waals surface area contributed by atoms with E-state index in [4.69, 9.17) is 9.66 Å². The Morgan fingerprint density at radius 3 is 1.71 bits per heavy atom. The monoisotopic (exact) mass is 286 g/mol. The predicted molar refractivity (Wildman–Crippen MR) is 70.7 cm³/mol. The molecule has 0 bridgehead atoms. The number of hydrogen-bond donors (Lipinski definition) is 2. The number of rotatable bonds is 5. The SMILES string of the molecule is O=S(=O)(O)CCN1CCN(CCO)CC1.[NaH].[NaH]. The molecule has 1 aliphatic rings. The van der Waals surface area contributed by atoms with E-state index >= 15 is 0 Å². The molecule has 1 fully saturated rings. The molecule has 0 aromatic heterocycles. The van der Waals surface area contributed by atoms with E-state index in [1.54, 1.807) is 0 Å². The van der Waals surface area contributed by atoms with E-state index < -0.39 is 10.1 Å². The molecule has 0 saturated carbocycles. The topological polar surface area (TPSA) is 81.1 Å². The molecule has 0 unspecified atom stereocenters. The Morgan fingerprint density at radius 2 is 1.35 bits per heavy atom. The molecule has 6 nitrogen and oxygen atoms in total. The molecule has 0 aliphatic carbocycles. The average Bonchev–Trinajstić information content (AvgIpc) is 2.16. The molecule has 17 heavy (non-hydrogen) atoms. The van der Waals surface area contributed by atoms with Gasteiger partial charge in [-0.05, 0) is 0 Å². The summed E-state index contributed by atoms with van der Waals surface area (Å²) in [7, 11) is -3.84. The predicted octanol–water partition coefficient (Wildman–Crippen LogP) is -2.81. The van der Waals surface area contributed by atoms with Crippen molar-refractivity contribution in [1.82, 2.24) is 9.80 Å². The van der Waals surface area contributed by atoms with Crippen LogP contribution in [0.3, 0.4) is 0 Å². The Bertz CT molecular complexity index is 281. The second kappa shape index (κ2) is 10.6. The molecule has 0 aromatic carbocycles. The Morgan fingerprint density at radius 1 is 0.941 bits per heavy atom. The fourth-order valence-electron chi connectivity index (χ4n) is 1.62. The average molecular weight is 286 g/mol. The van der Waals surface area contributed by atoms with E-state index in [1.165, 1.54) is 0 Å². The third-order valence-electron chi connectivity index (χ3n) is 2.55. The zero-order valence-electron chi connectivity index (χ0n) is 8.67. The van der Waals surface area contributed by atoms with Crippen LogP contribution in [0.2, 0.25) is 0 Å². The van der Waals surface area contributed by atoms with Gasteiger partial charge < -0.3 is 5.11 Å². The van der Waals surface area contributed by atoms with E-state index in [2.05, 4.69) is 4.90 Å². The van der Waals surface area contributed by atoms with Crippen molar-refractivity contribution in [2.45, 2.75) is 0 Å². The second-order valence-corrected chi connectivity index (χ2v) is 5.27. The summed E-state index contributed by atoms with van der Waals surface area (Å²) in [5, 5.41) is 8.73. The van der Waals surface area contributed by atoms with Gasteiger partial charge in [0.15, 0.2) is 0 Å². The zero-order chi connectivity index (χ0) is 11.3. The fourth-order valence-corrected chi connectivity index (χ4v) is 2.11. The quantitative estimate of drug-likeness (QED) is 0.419. The molecule has 2 N–H and O–H groups in total. The van der Waals surface area contributed by atoms with Crippen molar-refractivity contribution in [2.75, 3.05) is 51.6 Å². The number of piperazine rings is 1. The molecule has 0 aromatic rings. The summed E-state index contributed by atoms with van der Waals surface area (Å²) in [4.78, 5) is 4.13. The minimum atomic E-state index is -3.84. The van der Waals surface area contributed by atoms with Crippen LogP contribution in [0.15, 0.2) is 0 Å². The summed E-state index contributed by atoms with van der Waals surface area (Å²) in [6.45, 7) is 4.46. The summed E-state index contributed by atoms with van der Waals surface area (Å²) in [5.41, 5.74) is 0. The van der Waals surface area contributed by atoms with Crippen LogP contribution in [0, 0.1) is 0 Å². The maximum atomic E-state index is 10.5. The van der Waals surface area contributed by atoms with Crippen molar-refractivity contribution in [3.63, 3.8) is 0 Å². The van der Waals surface area contributed by atoms with Crippen molar-refractivity contribution in [2.24, 2.45) is 0 Å². The first kappa shape index (κ1) is 21.1. The van der Waals surface area contributed by atoms with Crippen LogP contribution < -0.4 is 0 Å². The van der Waals surface area contributed by atoms with Crippen LogP contribution in [-0.4, -0.2) is 139 Å². The Balaban J connectivity index is 0. The van der Waals surface area contributed by atoms with E-state index in [1.807, 2.05) is 4.90 Å². The van der Waals surface area contributed by atoms with E-state index in [-0.39, 0.29) is 71.5 Å². The molecule has 1 rings (SSSR count). The molecule has 0 spiro atoms. The second-order valence-electron chi connectivity index (χ2n) is 3.69. The number of aliphatic hydroxyl groups excluding tert-OH is 1. The Labute approximate surface area is 147 Å². The molecule has 1 aliphatic heterocycles. The van der Waals surface area contributed by atoms with Crippen molar-refractivity contribution in [3.05, 3.63) is 0 Å². The van der Waals surface area contributed by atoms with Crippen molar-refractivity contribution in [3.8, 4) is 0 Å². The van der Waals surface area contributed by atoms with Gasteiger partial charge in [-0.1, -0.05) is 0 Å². The molecule has 1 heterocycles. The van der Waals surface area contributed by atoms with Gasteiger partial charge in [0, 0.05) is 39.3 Å². The van der Waals surface area contributed by atoms with Gasteiger partial charge in [-0.15, -0.1) is 0 Å². The Hall–Kier alpha value is 1.79. The molecular weight excluding hydrogens is 266 g/mol. The molecule has 9 heteroatoms. The van der Waals surface area contributed by atoms with E-state index in [0.29, 0.717) is 13.1 Å². The van der Waals surface area contributed by atoms with Gasteiger partial charge in [-0.25, -0.2) is 0 Å². The summed E-state index contributed by atoms with van der Waals surface area (Å²) >= 11 is 0. The van der Waals surface area contributed by atoms with Gasteiger partial charge in [0.25, 0.3) is 10.1 Å². The van der Waals surface area contributed by atoms with Gasteiger partial charge in [0.1, 0.15) is 0 Å². The summed E-state index contributed by atoms with van der Waals surface area (Å²) in [6.07, 6.45) is 0. The summed E-state index contributed by atoms with van der Waals surface area (Å²) in [5.74, 6) is -0.201. The summed E-state index contributed by atoms with van der Waals surface area (Å²) < 4.78 is 29.6. The van der Waals surface area contributed by atoms with Crippen molar-refractivity contribution in [1.29, 1.82) is 0 Å². The van der Waals surface area contributed by atoms with Crippen LogP contribution >= 0.6 is 0 Å². The molecule has 0 atom stereocenters. The standard InChI is InChI=1S/C8H18N2O4S.2Na.2H/c11-7-5-9-1-3-10(4-2-9)6-8-15(12,13)14;;;;/h11H,1-8H2,(H,12,13,14);;;;. The van der Waals surface area contributed by atoms with E-state index in [0.717, 1.165) is 26.2 Å². The van der Waals surface area contributed by atoms with Gasteiger partial charge >= 0.3 is 59.1 Å². The molecule has 0 amide bonds. The van der Waals surface area contributed by atoms with Crippen LogP contribution in [0.25, 0.3) is 0 Å². The third-order valence-corrected chi connectivity index (χ3v) is 3.25. The summed E-state index contributed by atoms with van der Waals surface area (Å²) in [6, 6.07) is 0. The van der Waals surface area contributed by atoms with Crippen LogP contribution in [0.1, 0.15) is 0 Å². The van der Waals surface area contributed by atoms with Gasteiger partial charge in [-0.3, -0.25) is 14.4 Å². The number of β-amino-alcohol motifs (C(OH)–C–C–N with tert-alkyl or cyclic N) is 1. The van der Waals surface area contributed by atoms with Crippen LogP contribution in [0.5, 0.6) is 0 Å². The Kier molecular flexibility index (Phi) is 13.1. The third kappa shape index (κ3) is 10.3. The normalized spacial score (nSPS) is 18.2. The number of nitrogens with zero attached hydrogens (tertiary/aromatic N) is 2. The minimum absolute atomic E-state index is 0. The number of hydrogen-bond acceptors (Lipinski definition) is 5. The maximum absolute atomic E-state index is 10.5.